The Morgan fingerprint density at radius 1 is 1.17 bits per heavy atom. The molecule has 2 atom stereocenters. The Labute approximate surface area is 139 Å². The summed E-state index contributed by atoms with van der Waals surface area (Å²) in [7, 11) is 0. The topological polar surface area (TPSA) is 41.8 Å². The van der Waals surface area contributed by atoms with Gasteiger partial charge in [0.1, 0.15) is 6.04 Å². The minimum absolute atomic E-state index is 0.147. The molecule has 1 aromatic carbocycles. The van der Waals surface area contributed by atoms with Crippen molar-refractivity contribution in [3.63, 3.8) is 0 Å². The highest BCUT2D eigenvalue weighted by Crippen LogP contribution is 2.25. The maximum absolute atomic E-state index is 12.4. The molecule has 23 heavy (non-hydrogen) atoms. The summed E-state index contributed by atoms with van der Waals surface area (Å²) in [5, 5.41) is 2.16. The minimum atomic E-state index is -0.147. The Kier molecular flexibility index (Phi) is 3.54. The van der Waals surface area contributed by atoms with Gasteiger partial charge in [-0.2, -0.15) is 0 Å². The first kappa shape index (κ1) is 14.6. The molecule has 0 bridgehead atoms. The molecule has 0 saturated carbocycles. The van der Waals surface area contributed by atoms with Crippen molar-refractivity contribution in [2.45, 2.75) is 19.4 Å². The van der Waals surface area contributed by atoms with Gasteiger partial charge in [0, 0.05) is 16.9 Å². The molecule has 1 N–H and O–H groups in total. The summed E-state index contributed by atoms with van der Waals surface area (Å²) in [6.07, 6.45) is 1.09. The molecule has 2 aliphatic heterocycles. The SMILES string of the molecule is C[C@H]1c2ccsc2CC[NH+]1CCN1C(=O)c2ccccc2C1=O. The maximum atomic E-state index is 12.4. The van der Waals surface area contributed by atoms with Crippen molar-refractivity contribution in [1.29, 1.82) is 0 Å². The number of benzene rings is 1. The third-order valence-electron chi connectivity index (χ3n) is 5.07. The van der Waals surface area contributed by atoms with Crippen molar-refractivity contribution < 1.29 is 14.5 Å². The molecule has 0 spiro atoms. The molecule has 0 saturated heterocycles. The zero-order valence-corrected chi connectivity index (χ0v) is 13.9. The van der Waals surface area contributed by atoms with E-state index in [0.717, 1.165) is 19.5 Å². The zero-order valence-electron chi connectivity index (χ0n) is 13.0. The summed E-state index contributed by atoms with van der Waals surface area (Å²) >= 11 is 1.83. The van der Waals surface area contributed by atoms with E-state index in [4.69, 9.17) is 0 Å². The van der Waals surface area contributed by atoms with Crippen LogP contribution in [0.3, 0.4) is 0 Å². The lowest BCUT2D eigenvalue weighted by Gasteiger charge is -2.31. The van der Waals surface area contributed by atoms with Crippen molar-refractivity contribution >= 4 is 23.2 Å². The Hall–Kier alpha value is -1.98. The molecule has 0 fully saturated rings. The molecule has 4 nitrogen and oxygen atoms in total. The van der Waals surface area contributed by atoms with Crippen molar-refractivity contribution in [2.75, 3.05) is 19.6 Å². The van der Waals surface area contributed by atoms with Gasteiger partial charge in [0.2, 0.25) is 0 Å². The normalized spacial score (nSPS) is 23.1. The van der Waals surface area contributed by atoms with E-state index in [1.54, 1.807) is 12.1 Å². The highest BCUT2D eigenvalue weighted by Gasteiger charge is 2.36. The third-order valence-corrected chi connectivity index (χ3v) is 6.06. The number of nitrogens with zero attached hydrogens (tertiary/aromatic N) is 1. The highest BCUT2D eigenvalue weighted by molar-refractivity contribution is 7.10. The van der Waals surface area contributed by atoms with Crippen LogP contribution in [0.5, 0.6) is 0 Å². The van der Waals surface area contributed by atoms with Crippen LogP contribution in [-0.4, -0.2) is 36.3 Å². The van der Waals surface area contributed by atoms with Gasteiger partial charge in [-0.25, -0.2) is 0 Å². The van der Waals surface area contributed by atoms with Crippen molar-refractivity contribution in [2.24, 2.45) is 0 Å². The Morgan fingerprint density at radius 2 is 1.87 bits per heavy atom. The van der Waals surface area contributed by atoms with E-state index in [-0.39, 0.29) is 11.8 Å². The number of hydrogen-bond acceptors (Lipinski definition) is 3. The third kappa shape index (κ3) is 2.31. The van der Waals surface area contributed by atoms with Crippen molar-refractivity contribution in [3.8, 4) is 0 Å². The quantitative estimate of drug-likeness (QED) is 0.869. The maximum Gasteiger partial charge on any atom is 0.261 e. The number of rotatable bonds is 3. The van der Waals surface area contributed by atoms with Crippen LogP contribution in [0.25, 0.3) is 0 Å². The number of thiophene rings is 1. The highest BCUT2D eigenvalue weighted by atomic mass is 32.1. The lowest BCUT2D eigenvalue weighted by atomic mass is 10.0. The molecule has 2 amide bonds. The van der Waals surface area contributed by atoms with Gasteiger partial charge in [0.05, 0.1) is 30.8 Å². The second-order valence-electron chi connectivity index (χ2n) is 6.24. The first-order valence-corrected chi connectivity index (χ1v) is 8.91. The van der Waals surface area contributed by atoms with Crippen LogP contribution in [0.2, 0.25) is 0 Å². The summed E-state index contributed by atoms with van der Waals surface area (Å²) < 4.78 is 0. The average Bonchev–Trinajstić information content (AvgIpc) is 3.13. The van der Waals surface area contributed by atoms with Crippen molar-refractivity contribution in [1.82, 2.24) is 4.90 Å². The van der Waals surface area contributed by atoms with Crippen LogP contribution in [0.1, 0.15) is 44.1 Å². The van der Waals surface area contributed by atoms with E-state index in [9.17, 15) is 9.59 Å². The summed E-state index contributed by atoms with van der Waals surface area (Å²) in [6.45, 7) is 4.60. The standard InChI is InChI=1S/C18H18N2O2S/c1-12-13-7-11-23-16(13)6-8-19(12)9-10-20-17(21)14-4-2-3-5-15(14)18(20)22/h2-5,7,11-12H,6,8-10H2,1H3/p+1/t12-/m0/s1. The van der Waals surface area contributed by atoms with Gasteiger partial charge >= 0.3 is 0 Å². The molecule has 5 heteroatoms. The molecular formula is C18H19N2O2S+. The van der Waals surface area contributed by atoms with Crippen LogP contribution in [0.4, 0.5) is 0 Å². The number of nitrogens with one attached hydrogen (secondary N) is 1. The monoisotopic (exact) mass is 327 g/mol. The van der Waals surface area contributed by atoms with Gasteiger partial charge in [-0.15, -0.1) is 11.3 Å². The largest absolute Gasteiger partial charge is 0.327 e. The van der Waals surface area contributed by atoms with E-state index in [0.29, 0.717) is 23.7 Å². The van der Waals surface area contributed by atoms with Gasteiger partial charge in [-0.3, -0.25) is 14.5 Å². The van der Waals surface area contributed by atoms with E-state index in [1.807, 2.05) is 23.5 Å². The Morgan fingerprint density at radius 3 is 2.57 bits per heavy atom. The molecule has 0 radical (unpaired) electrons. The fourth-order valence-electron chi connectivity index (χ4n) is 3.69. The first-order chi connectivity index (χ1) is 11.2. The second-order valence-corrected chi connectivity index (χ2v) is 7.24. The fourth-order valence-corrected chi connectivity index (χ4v) is 4.67. The van der Waals surface area contributed by atoms with Gasteiger partial charge in [-0.1, -0.05) is 12.1 Å². The van der Waals surface area contributed by atoms with E-state index >= 15 is 0 Å². The smallest absolute Gasteiger partial charge is 0.261 e. The Balaban J connectivity index is 1.47. The molecule has 3 heterocycles. The average molecular weight is 327 g/mol. The predicted octanol–water partition coefficient (Wildman–Crippen LogP) is 1.55. The van der Waals surface area contributed by atoms with Crippen LogP contribution >= 0.6 is 11.3 Å². The van der Waals surface area contributed by atoms with Crippen LogP contribution in [0, 0.1) is 0 Å². The molecule has 1 unspecified atom stereocenters. The molecule has 2 aromatic rings. The molecule has 118 valence electrons. The number of amides is 2. The van der Waals surface area contributed by atoms with E-state index in [2.05, 4.69) is 18.4 Å². The van der Waals surface area contributed by atoms with E-state index in [1.165, 1.54) is 20.2 Å². The van der Waals surface area contributed by atoms with Crippen LogP contribution in [-0.2, 0) is 6.42 Å². The number of hydrogen-bond donors (Lipinski definition) is 1. The van der Waals surface area contributed by atoms with Gasteiger partial charge in [-0.05, 0) is 30.5 Å². The number of fused-ring (bicyclic) bond motifs is 2. The molecule has 1 aromatic heterocycles. The van der Waals surface area contributed by atoms with Crippen LogP contribution < -0.4 is 4.90 Å². The first-order valence-electron chi connectivity index (χ1n) is 8.03. The van der Waals surface area contributed by atoms with Gasteiger partial charge in [0.15, 0.2) is 0 Å². The van der Waals surface area contributed by atoms with E-state index < -0.39 is 0 Å². The summed E-state index contributed by atoms with van der Waals surface area (Å²) in [4.78, 5) is 29.2. The summed E-state index contributed by atoms with van der Waals surface area (Å²) in [5.74, 6) is -0.295. The van der Waals surface area contributed by atoms with Crippen LogP contribution in [0.15, 0.2) is 35.7 Å². The minimum Gasteiger partial charge on any atom is -0.327 e. The summed E-state index contributed by atoms with van der Waals surface area (Å²) in [5.41, 5.74) is 2.51. The second kappa shape index (κ2) is 5.58. The predicted molar refractivity (Wildman–Crippen MR) is 88.9 cm³/mol. The number of carbonyl (C=O) groups is 2. The Bertz CT molecular complexity index is 748. The summed E-state index contributed by atoms with van der Waals surface area (Å²) in [6, 6.07) is 9.74. The number of imide groups is 1. The van der Waals surface area contributed by atoms with Gasteiger partial charge < -0.3 is 4.90 Å². The van der Waals surface area contributed by atoms with Gasteiger partial charge in [0.25, 0.3) is 11.8 Å². The number of carbonyl (C=O) groups excluding carboxylic acids is 2. The molecular weight excluding hydrogens is 308 g/mol. The molecule has 4 rings (SSSR count). The lowest BCUT2D eigenvalue weighted by Crippen LogP contribution is -3.13. The number of quaternary nitrogens is 1. The zero-order chi connectivity index (χ0) is 16.0. The van der Waals surface area contributed by atoms with Crippen molar-refractivity contribution in [3.05, 3.63) is 57.3 Å². The lowest BCUT2D eigenvalue weighted by molar-refractivity contribution is -0.931. The molecule has 2 aliphatic rings. The fraction of sp³-hybridized carbons (Fsp3) is 0.333. The molecule has 0 aliphatic carbocycles.